The molecule has 1 aliphatic rings. The molecule has 0 amide bonds. The third kappa shape index (κ3) is 25.7. The van der Waals surface area contributed by atoms with Crippen LogP contribution < -0.4 is 0 Å². The number of aliphatic hydroxyl groups excluding tert-OH is 4. The molecule has 0 aliphatic carbocycles. The second kappa shape index (κ2) is 34.0. The van der Waals surface area contributed by atoms with E-state index in [-0.39, 0.29) is 19.6 Å². The second-order valence-corrected chi connectivity index (χ2v) is 13.7. The van der Waals surface area contributed by atoms with Crippen molar-refractivity contribution in [2.24, 2.45) is 0 Å². The maximum atomic E-state index is 12.7. The Morgan fingerprint density at radius 1 is 0.647 bits per heavy atom. The first-order chi connectivity index (χ1) is 24.9. The third-order valence-corrected chi connectivity index (χ3v) is 9.02. The Morgan fingerprint density at radius 2 is 1.16 bits per heavy atom. The summed E-state index contributed by atoms with van der Waals surface area (Å²) >= 11 is 0. The molecule has 1 heterocycles. The van der Waals surface area contributed by atoms with Gasteiger partial charge in [-0.3, -0.25) is 4.79 Å². The quantitative estimate of drug-likeness (QED) is 0.0301. The van der Waals surface area contributed by atoms with Gasteiger partial charge in [0.25, 0.3) is 0 Å². The number of esters is 1. The highest BCUT2D eigenvalue weighted by atomic mass is 16.7. The van der Waals surface area contributed by atoms with Crippen LogP contribution in [0, 0.1) is 0 Å². The van der Waals surface area contributed by atoms with E-state index in [0.717, 1.165) is 38.5 Å². The molecule has 0 bridgehead atoms. The van der Waals surface area contributed by atoms with Crippen LogP contribution in [-0.4, -0.2) is 89.6 Å². The van der Waals surface area contributed by atoms with Crippen molar-refractivity contribution in [2.45, 2.75) is 185 Å². The van der Waals surface area contributed by atoms with Crippen LogP contribution >= 0.6 is 0 Å². The Morgan fingerprint density at radius 3 is 1.69 bits per heavy atom. The average molecular weight is 723 g/mol. The minimum Gasteiger partial charge on any atom is -0.457 e. The van der Waals surface area contributed by atoms with E-state index in [1.165, 1.54) is 83.5 Å². The molecule has 1 saturated heterocycles. The predicted molar refractivity (Wildman–Crippen MR) is 205 cm³/mol. The van der Waals surface area contributed by atoms with Crippen molar-refractivity contribution in [1.29, 1.82) is 0 Å². The van der Waals surface area contributed by atoms with E-state index in [1.807, 2.05) is 12.2 Å². The number of ether oxygens (including phenoxy) is 4. The van der Waals surface area contributed by atoms with Crippen LogP contribution in [0.5, 0.6) is 0 Å². The number of allylic oxidation sites excluding steroid dienone is 8. The van der Waals surface area contributed by atoms with Crippen LogP contribution in [0.4, 0.5) is 0 Å². The molecule has 1 aliphatic heterocycles. The van der Waals surface area contributed by atoms with Crippen molar-refractivity contribution < 1.29 is 44.2 Å². The summed E-state index contributed by atoms with van der Waals surface area (Å²) in [6, 6.07) is 0. The van der Waals surface area contributed by atoms with Crippen molar-refractivity contribution in [1.82, 2.24) is 0 Å². The van der Waals surface area contributed by atoms with Crippen LogP contribution in [0.2, 0.25) is 0 Å². The summed E-state index contributed by atoms with van der Waals surface area (Å²) in [5, 5.41) is 40.0. The number of hydrogen-bond acceptors (Lipinski definition) is 9. The highest BCUT2D eigenvalue weighted by Crippen LogP contribution is 2.22. The monoisotopic (exact) mass is 723 g/mol. The van der Waals surface area contributed by atoms with Crippen molar-refractivity contribution in [2.75, 3.05) is 26.4 Å². The molecule has 0 aromatic carbocycles. The molecule has 296 valence electrons. The Hall–Kier alpha value is -1.85. The van der Waals surface area contributed by atoms with Crippen LogP contribution in [0.3, 0.4) is 0 Å². The van der Waals surface area contributed by atoms with Crippen molar-refractivity contribution in [3.8, 4) is 0 Å². The molecular formula is C42H74O9. The zero-order chi connectivity index (χ0) is 37.2. The lowest BCUT2D eigenvalue weighted by molar-refractivity contribution is -0.305. The van der Waals surface area contributed by atoms with Crippen LogP contribution in [0.1, 0.15) is 149 Å². The highest BCUT2D eigenvalue weighted by Gasteiger charge is 2.44. The lowest BCUT2D eigenvalue weighted by atomic mass is 9.99. The number of unbranched alkanes of at least 4 members (excludes halogenated alkanes) is 14. The second-order valence-electron chi connectivity index (χ2n) is 13.7. The Balaban J connectivity index is 2.35. The smallest absolute Gasteiger partial charge is 0.306 e. The third-order valence-electron chi connectivity index (χ3n) is 9.02. The number of aliphatic hydroxyl groups is 4. The molecule has 0 radical (unpaired) electrons. The van der Waals surface area contributed by atoms with Gasteiger partial charge in [0.15, 0.2) is 6.29 Å². The zero-order valence-corrected chi connectivity index (χ0v) is 32.1. The predicted octanol–water partition coefficient (Wildman–Crippen LogP) is 8.19. The molecule has 9 nitrogen and oxygen atoms in total. The molecule has 0 aromatic heterocycles. The molecule has 4 N–H and O–H groups in total. The molecule has 1 rings (SSSR count). The topological polar surface area (TPSA) is 135 Å². The maximum Gasteiger partial charge on any atom is 0.306 e. The summed E-state index contributed by atoms with van der Waals surface area (Å²) in [6.07, 6.45) is 32.9. The summed E-state index contributed by atoms with van der Waals surface area (Å²) in [5.41, 5.74) is 0. The summed E-state index contributed by atoms with van der Waals surface area (Å²) in [7, 11) is 0. The van der Waals surface area contributed by atoms with Gasteiger partial charge in [0.1, 0.15) is 30.5 Å². The van der Waals surface area contributed by atoms with Gasteiger partial charge in [-0.2, -0.15) is 0 Å². The van der Waals surface area contributed by atoms with E-state index < -0.39 is 49.4 Å². The molecular weight excluding hydrogens is 648 g/mol. The Labute approximate surface area is 310 Å². The zero-order valence-electron chi connectivity index (χ0n) is 32.1. The molecule has 0 saturated carbocycles. The molecule has 9 heteroatoms. The minimum absolute atomic E-state index is 0.117. The number of carbonyl (C=O) groups excluding carboxylic acids is 1. The highest BCUT2D eigenvalue weighted by molar-refractivity contribution is 5.69. The van der Waals surface area contributed by atoms with Gasteiger partial charge in [-0.1, -0.05) is 152 Å². The minimum atomic E-state index is -1.55. The number of carbonyl (C=O) groups is 1. The summed E-state index contributed by atoms with van der Waals surface area (Å²) in [6.45, 7) is 4.35. The van der Waals surface area contributed by atoms with Gasteiger partial charge in [0, 0.05) is 13.0 Å². The molecule has 6 atom stereocenters. The van der Waals surface area contributed by atoms with Gasteiger partial charge in [0.2, 0.25) is 0 Å². The lowest BCUT2D eigenvalue weighted by Gasteiger charge is -2.39. The Kier molecular flexibility index (Phi) is 31.4. The fraction of sp³-hybridized carbons (Fsp3) is 0.786. The fourth-order valence-corrected chi connectivity index (χ4v) is 5.86. The largest absolute Gasteiger partial charge is 0.457 e. The first kappa shape index (κ1) is 47.2. The SMILES string of the molecule is CC/C=C\C/C=C\C/C=C\C/C=C\CCC(=O)OC(COCCCCCCCCCCCCCCCCC)COC1OC(CO)C(O)C(O)C1O. The summed E-state index contributed by atoms with van der Waals surface area (Å²) in [4.78, 5) is 12.7. The van der Waals surface area contributed by atoms with Gasteiger partial charge >= 0.3 is 5.97 Å². The number of rotatable bonds is 33. The summed E-state index contributed by atoms with van der Waals surface area (Å²) in [5.74, 6) is -0.393. The molecule has 6 unspecified atom stereocenters. The summed E-state index contributed by atoms with van der Waals surface area (Å²) < 4.78 is 22.6. The molecule has 0 spiro atoms. The number of hydrogen-bond donors (Lipinski definition) is 4. The average Bonchev–Trinajstić information content (AvgIpc) is 3.13. The molecule has 0 aromatic rings. The van der Waals surface area contributed by atoms with E-state index in [0.29, 0.717) is 13.0 Å². The van der Waals surface area contributed by atoms with Crippen LogP contribution in [0.15, 0.2) is 48.6 Å². The van der Waals surface area contributed by atoms with E-state index in [2.05, 4.69) is 50.3 Å². The lowest BCUT2D eigenvalue weighted by Crippen LogP contribution is -2.59. The van der Waals surface area contributed by atoms with Gasteiger partial charge in [-0.05, 0) is 38.5 Å². The van der Waals surface area contributed by atoms with Gasteiger partial charge in [-0.25, -0.2) is 0 Å². The van der Waals surface area contributed by atoms with Gasteiger partial charge in [0.05, 0.1) is 19.8 Å². The first-order valence-corrected chi connectivity index (χ1v) is 20.2. The van der Waals surface area contributed by atoms with Crippen molar-refractivity contribution in [3.05, 3.63) is 48.6 Å². The van der Waals surface area contributed by atoms with Crippen molar-refractivity contribution >= 4 is 5.97 Å². The van der Waals surface area contributed by atoms with Gasteiger partial charge < -0.3 is 39.4 Å². The van der Waals surface area contributed by atoms with E-state index in [1.54, 1.807) is 0 Å². The molecule has 1 fully saturated rings. The molecule has 51 heavy (non-hydrogen) atoms. The van der Waals surface area contributed by atoms with Crippen molar-refractivity contribution in [3.63, 3.8) is 0 Å². The van der Waals surface area contributed by atoms with E-state index >= 15 is 0 Å². The Bertz CT molecular complexity index is 916. The van der Waals surface area contributed by atoms with Crippen LogP contribution in [-0.2, 0) is 23.7 Å². The normalized spacial score (nSPS) is 21.9. The fourth-order valence-electron chi connectivity index (χ4n) is 5.86. The van der Waals surface area contributed by atoms with E-state index in [9.17, 15) is 25.2 Å². The van der Waals surface area contributed by atoms with Gasteiger partial charge in [-0.15, -0.1) is 0 Å². The van der Waals surface area contributed by atoms with Crippen LogP contribution in [0.25, 0.3) is 0 Å². The van der Waals surface area contributed by atoms with E-state index in [4.69, 9.17) is 18.9 Å². The maximum absolute atomic E-state index is 12.7. The standard InChI is InChI=1S/C42H74O9/c1-3-5-7-9-11-13-15-17-18-20-22-24-26-28-30-32-48-34-36(35-49-42-41(47)40(46)39(45)37(33-43)51-42)50-38(44)31-29-27-25-23-21-19-16-14-12-10-8-6-4-2/h6,8,12,14,19,21,25,27,36-37,39-43,45-47H,3-5,7,9-11,13,15-18,20,22-24,26,28-35H2,1-2H3/b8-6-,14-12-,21-19-,27-25-. The first-order valence-electron chi connectivity index (χ1n) is 20.2.